The molecule has 0 saturated carbocycles. The second kappa shape index (κ2) is 19.1. The van der Waals surface area contributed by atoms with Gasteiger partial charge in [-0.25, -0.2) is 0 Å². The van der Waals surface area contributed by atoms with Crippen molar-refractivity contribution in [2.75, 3.05) is 79.8 Å². The molecular formula is C16H30O9. The number of carbonyl (C=O) groups is 2. The van der Waals surface area contributed by atoms with Crippen molar-refractivity contribution in [2.24, 2.45) is 0 Å². The Labute approximate surface area is 148 Å². The molecular weight excluding hydrogens is 336 g/mol. The second-order valence-electron chi connectivity index (χ2n) is 4.73. The highest BCUT2D eigenvalue weighted by molar-refractivity contribution is 5.69. The van der Waals surface area contributed by atoms with Crippen molar-refractivity contribution in [1.82, 2.24) is 0 Å². The summed E-state index contributed by atoms with van der Waals surface area (Å²) in [7, 11) is 1.35. The van der Waals surface area contributed by atoms with Gasteiger partial charge in [-0.2, -0.15) is 0 Å². The standard InChI is InChI=1S/C16H30O9/c1-15(17)25-14-13-24-12-11-23-10-9-22-8-7-21-6-5-20-4-3-16(18)19-2/h3-14H2,1-2H3. The molecule has 0 radical (unpaired) electrons. The van der Waals surface area contributed by atoms with E-state index in [1.807, 2.05) is 0 Å². The van der Waals surface area contributed by atoms with Gasteiger partial charge in [0.25, 0.3) is 0 Å². The Balaban J connectivity index is 3.03. The lowest BCUT2D eigenvalue weighted by Gasteiger charge is -2.08. The average Bonchev–Trinajstić information content (AvgIpc) is 2.60. The van der Waals surface area contributed by atoms with Crippen LogP contribution in [0.5, 0.6) is 0 Å². The van der Waals surface area contributed by atoms with Gasteiger partial charge in [0.2, 0.25) is 0 Å². The molecule has 0 atom stereocenters. The summed E-state index contributed by atoms with van der Waals surface area (Å²) in [6.45, 7) is 6.00. The van der Waals surface area contributed by atoms with Crippen molar-refractivity contribution in [2.45, 2.75) is 13.3 Å². The lowest BCUT2D eigenvalue weighted by molar-refractivity contribution is -0.143. The maximum atomic E-state index is 10.8. The fourth-order valence-electron chi connectivity index (χ4n) is 1.48. The molecule has 25 heavy (non-hydrogen) atoms. The van der Waals surface area contributed by atoms with Gasteiger partial charge in [-0.15, -0.1) is 0 Å². The molecule has 0 unspecified atom stereocenters. The molecule has 0 spiro atoms. The van der Waals surface area contributed by atoms with Crippen molar-refractivity contribution >= 4 is 11.9 Å². The van der Waals surface area contributed by atoms with Crippen molar-refractivity contribution in [3.05, 3.63) is 0 Å². The van der Waals surface area contributed by atoms with Gasteiger partial charge < -0.3 is 33.2 Å². The van der Waals surface area contributed by atoms with E-state index < -0.39 is 0 Å². The number of carbonyl (C=O) groups excluding carboxylic acids is 2. The molecule has 0 fully saturated rings. The minimum Gasteiger partial charge on any atom is -0.469 e. The molecule has 0 N–H and O–H groups in total. The fraction of sp³-hybridized carbons (Fsp3) is 0.875. The summed E-state index contributed by atoms with van der Waals surface area (Å²) in [4.78, 5) is 21.3. The summed E-state index contributed by atoms with van der Waals surface area (Å²) >= 11 is 0. The normalized spacial score (nSPS) is 10.6. The zero-order valence-corrected chi connectivity index (χ0v) is 15.2. The quantitative estimate of drug-likeness (QED) is 0.249. The van der Waals surface area contributed by atoms with Gasteiger partial charge in [-0.3, -0.25) is 9.59 Å². The van der Waals surface area contributed by atoms with Gasteiger partial charge in [-0.1, -0.05) is 0 Å². The first-order valence-electron chi connectivity index (χ1n) is 8.25. The summed E-state index contributed by atoms with van der Waals surface area (Å²) in [5.74, 6) is -0.600. The smallest absolute Gasteiger partial charge is 0.307 e. The van der Waals surface area contributed by atoms with E-state index in [0.29, 0.717) is 66.1 Å². The number of methoxy groups -OCH3 is 1. The predicted octanol–water partition coefficient (Wildman–Crippen LogP) is 0.196. The van der Waals surface area contributed by atoms with E-state index in [-0.39, 0.29) is 25.0 Å². The first kappa shape index (κ1) is 23.7. The van der Waals surface area contributed by atoms with Gasteiger partial charge >= 0.3 is 11.9 Å². The Kier molecular flexibility index (Phi) is 18.1. The molecule has 0 aromatic rings. The summed E-state index contributed by atoms with van der Waals surface area (Å²) in [5, 5.41) is 0. The van der Waals surface area contributed by atoms with Crippen LogP contribution < -0.4 is 0 Å². The lowest BCUT2D eigenvalue weighted by Crippen LogP contribution is -2.14. The van der Waals surface area contributed by atoms with Crippen LogP contribution in [0.4, 0.5) is 0 Å². The van der Waals surface area contributed by atoms with Crippen molar-refractivity contribution in [3.8, 4) is 0 Å². The molecule has 9 nitrogen and oxygen atoms in total. The van der Waals surface area contributed by atoms with Gasteiger partial charge in [0.05, 0.1) is 79.6 Å². The highest BCUT2D eigenvalue weighted by Gasteiger charge is 1.99. The summed E-state index contributed by atoms with van der Waals surface area (Å²) in [5.41, 5.74) is 0. The summed E-state index contributed by atoms with van der Waals surface area (Å²) in [6, 6.07) is 0. The zero-order chi connectivity index (χ0) is 18.6. The monoisotopic (exact) mass is 366 g/mol. The van der Waals surface area contributed by atoms with E-state index in [9.17, 15) is 9.59 Å². The Hall–Kier alpha value is -1.26. The van der Waals surface area contributed by atoms with E-state index in [2.05, 4.69) is 4.74 Å². The van der Waals surface area contributed by atoms with E-state index in [0.717, 1.165) is 0 Å². The SMILES string of the molecule is COC(=O)CCOCCOCCOCCOCCOCCOC(C)=O. The number of rotatable bonds is 18. The Morgan fingerprint density at radius 3 is 1.32 bits per heavy atom. The molecule has 0 aliphatic rings. The van der Waals surface area contributed by atoms with E-state index >= 15 is 0 Å². The second-order valence-corrected chi connectivity index (χ2v) is 4.73. The topological polar surface area (TPSA) is 98.8 Å². The molecule has 0 aromatic carbocycles. The molecule has 9 heteroatoms. The average molecular weight is 366 g/mol. The molecule has 0 aliphatic carbocycles. The maximum absolute atomic E-state index is 10.8. The lowest BCUT2D eigenvalue weighted by atomic mass is 10.5. The highest BCUT2D eigenvalue weighted by Crippen LogP contribution is 1.87. The van der Waals surface area contributed by atoms with Crippen molar-refractivity contribution in [1.29, 1.82) is 0 Å². The number of hydrogen-bond donors (Lipinski definition) is 0. The van der Waals surface area contributed by atoms with E-state index in [1.165, 1.54) is 14.0 Å². The Bertz CT molecular complexity index is 323. The first-order chi connectivity index (χ1) is 12.2. The largest absolute Gasteiger partial charge is 0.469 e. The molecule has 0 heterocycles. The fourth-order valence-corrected chi connectivity index (χ4v) is 1.48. The molecule has 0 rings (SSSR count). The molecule has 148 valence electrons. The minimum absolute atomic E-state index is 0.247. The minimum atomic E-state index is -0.313. The third kappa shape index (κ3) is 20.7. The van der Waals surface area contributed by atoms with Crippen molar-refractivity contribution in [3.63, 3.8) is 0 Å². The van der Waals surface area contributed by atoms with Crippen LogP contribution in [0.15, 0.2) is 0 Å². The maximum Gasteiger partial charge on any atom is 0.307 e. The Morgan fingerprint density at radius 2 is 0.960 bits per heavy atom. The molecule has 0 amide bonds. The molecule has 0 bridgehead atoms. The molecule has 0 saturated heterocycles. The number of ether oxygens (including phenoxy) is 7. The summed E-state index contributed by atoms with van der Waals surface area (Å²) < 4.78 is 35.5. The van der Waals surface area contributed by atoms with Crippen LogP contribution in [0.2, 0.25) is 0 Å². The van der Waals surface area contributed by atoms with Gasteiger partial charge in [0, 0.05) is 6.92 Å². The van der Waals surface area contributed by atoms with Gasteiger partial charge in [0.1, 0.15) is 6.61 Å². The Morgan fingerprint density at radius 1 is 0.600 bits per heavy atom. The predicted molar refractivity (Wildman–Crippen MR) is 87.4 cm³/mol. The van der Waals surface area contributed by atoms with Gasteiger partial charge in [-0.05, 0) is 0 Å². The van der Waals surface area contributed by atoms with Crippen LogP contribution in [0.25, 0.3) is 0 Å². The van der Waals surface area contributed by atoms with Crippen LogP contribution in [-0.4, -0.2) is 91.7 Å². The summed E-state index contributed by atoms with van der Waals surface area (Å²) in [6.07, 6.45) is 0.247. The third-order valence-corrected chi connectivity index (χ3v) is 2.70. The zero-order valence-electron chi connectivity index (χ0n) is 15.2. The molecule has 0 aromatic heterocycles. The van der Waals surface area contributed by atoms with Crippen molar-refractivity contribution < 1.29 is 42.7 Å². The van der Waals surface area contributed by atoms with Crippen LogP contribution in [-0.2, 0) is 42.7 Å². The number of hydrogen-bond acceptors (Lipinski definition) is 9. The highest BCUT2D eigenvalue weighted by atomic mass is 16.6. The first-order valence-corrected chi connectivity index (χ1v) is 8.25. The third-order valence-electron chi connectivity index (χ3n) is 2.70. The van der Waals surface area contributed by atoms with Gasteiger partial charge in [0.15, 0.2) is 0 Å². The van der Waals surface area contributed by atoms with E-state index in [1.54, 1.807) is 0 Å². The van der Waals surface area contributed by atoms with E-state index in [4.69, 9.17) is 28.4 Å². The van der Waals surface area contributed by atoms with Crippen LogP contribution in [0, 0.1) is 0 Å². The van der Waals surface area contributed by atoms with Crippen LogP contribution >= 0.6 is 0 Å². The van der Waals surface area contributed by atoms with Crippen LogP contribution in [0.3, 0.4) is 0 Å². The number of esters is 2. The molecule has 0 aliphatic heterocycles. The van der Waals surface area contributed by atoms with Crippen LogP contribution in [0.1, 0.15) is 13.3 Å².